The van der Waals surface area contributed by atoms with Crippen molar-refractivity contribution in [3.63, 3.8) is 0 Å². The Hall–Kier alpha value is -0.810. The van der Waals surface area contributed by atoms with E-state index in [0.717, 1.165) is 32.4 Å². The zero-order chi connectivity index (χ0) is 10.8. The number of amides is 1. The molecule has 2 saturated heterocycles. The molecule has 3 N–H and O–H groups in total. The zero-order valence-corrected chi connectivity index (χ0v) is 8.93. The van der Waals surface area contributed by atoms with Crippen LogP contribution in [0.5, 0.6) is 0 Å². The first-order valence-electron chi connectivity index (χ1n) is 5.64. The fourth-order valence-corrected chi connectivity index (χ4v) is 2.50. The molecule has 1 amide bonds. The zero-order valence-electron chi connectivity index (χ0n) is 8.93. The molecule has 5 nitrogen and oxygen atoms in total. The molecular weight excluding hydrogens is 194 g/mol. The van der Waals surface area contributed by atoms with Crippen molar-refractivity contribution in [2.75, 3.05) is 26.2 Å². The van der Waals surface area contributed by atoms with Crippen LogP contribution in [-0.2, 0) is 0 Å². The van der Waals surface area contributed by atoms with Gasteiger partial charge >= 0.3 is 6.09 Å². The topological polar surface area (TPSA) is 69.8 Å². The number of nitrogens with two attached hydrogens (primary N) is 1. The average molecular weight is 213 g/mol. The van der Waals surface area contributed by atoms with E-state index >= 15 is 0 Å². The standard InChI is InChI=1S/C10H19N3O2/c11-8-1-4-12(5-2-8)9-3-6-13(7-9)10(14)15/h8-9H,1-7,11H2,(H,14,15)/t9-/m0/s1. The van der Waals surface area contributed by atoms with E-state index in [1.807, 2.05) is 0 Å². The Balaban J connectivity index is 1.83. The monoisotopic (exact) mass is 213 g/mol. The Morgan fingerprint density at radius 2 is 1.87 bits per heavy atom. The summed E-state index contributed by atoms with van der Waals surface area (Å²) in [6.45, 7) is 3.41. The number of piperidine rings is 1. The Morgan fingerprint density at radius 3 is 2.40 bits per heavy atom. The third-order valence-electron chi connectivity index (χ3n) is 3.52. The van der Waals surface area contributed by atoms with Gasteiger partial charge in [0, 0.05) is 25.2 Å². The predicted octanol–water partition coefficient (Wildman–Crippen LogP) is 0.162. The molecule has 86 valence electrons. The highest BCUT2D eigenvalue weighted by Crippen LogP contribution is 2.19. The van der Waals surface area contributed by atoms with E-state index < -0.39 is 6.09 Å². The molecule has 2 rings (SSSR count). The lowest BCUT2D eigenvalue weighted by Gasteiger charge is -2.34. The fourth-order valence-electron chi connectivity index (χ4n) is 2.50. The van der Waals surface area contributed by atoms with Crippen LogP contribution >= 0.6 is 0 Å². The molecular formula is C10H19N3O2. The Morgan fingerprint density at radius 1 is 1.20 bits per heavy atom. The smallest absolute Gasteiger partial charge is 0.407 e. The number of hydrogen-bond acceptors (Lipinski definition) is 3. The SMILES string of the molecule is NC1CCN([C@H]2CCN(C(=O)O)C2)CC1. The number of carboxylic acid groups (broad SMARTS) is 1. The summed E-state index contributed by atoms with van der Waals surface area (Å²) in [5.41, 5.74) is 5.84. The van der Waals surface area contributed by atoms with Gasteiger partial charge in [0.05, 0.1) is 0 Å². The predicted molar refractivity (Wildman–Crippen MR) is 56.8 cm³/mol. The molecule has 0 aliphatic carbocycles. The van der Waals surface area contributed by atoms with E-state index in [2.05, 4.69) is 4.90 Å². The summed E-state index contributed by atoms with van der Waals surface area (Å²) >= 11 is 0. The second kappa shape index (κ2) is 4.37. The highest BCUT2D eigenvalue weighted by atomic mass is 16.4. The molecule has 0 bridgehead atoms. The Labute approximate surface area is 89.8 Å². The van der Waals surface area contributed by atoms with Crippen molar-refractivity contribution < 1.29 is 9.90 Å². The maximum absolute atomic E-state index is 10.8. The van der Waals surface area contributed by atoms with Crippen LogP contribution in [0.3, 0.4) is 0 Å². The van der Waals surface area contributed by atoms with Crippen LogP contribution in [0, 0.1) is 0 Å². The maximum Gasteiger partial charge on any atom is 0.407 e. The van der Waals surface area contributed by atoms with Gasteiger partial charge in [-0.05, 0) is 32.4 Å². The number of nitrogens with zero attached hydrogens (tertiary/aromatic N) is 2. The molecule has 2 aliphatic rings. The Bertz CT molecular complexity index is 239. The van der Waals surface area contributed by atoms with Crippen LogP contribution in [0.15, 0.2) is 0 Å². The van der Waals surface area contributed by atoms with Gasteiger partial charge in [-0.2, -0.15) is 0 Å². The van der Waals surface area contributed by atoms with E-state index in [1.165, 1.54) is 4.90 Å². The molecule has 0 radical (unpaired) electrons. The number of likely N-dealkylation sites (tertiary alicyclic amines) is 2. The summed E-state index contributed by atoms with van der Waals surface area (Å²) in [6, 6.07) is 0.770. The highest BCUT2D eigenvalue weighted by molar-refractivity contribution is 5.65. The van der Waals surface area contributed by atoms with Crippen molar-refractivity contribution in [3.8, 4) is 0 Å². The first kappa shape index (κ1) is 10.7. The minimum atomic E-state index is -0.786. The molecule has 0 saturated carbocycles. The lowest BCUT2D eigenvalue weighted by molar-refractivity contribution is 0.136. The molecule has 15 heavy (non-hydrogen) atoms. The molecule has 0 spiro atoms. The summed E-state index contributed by atoms with van der Waals surface area (Å²) in [6.07, 6.45) is 2.28. The summed E-state index contributed by atoms with van der Waals surface area (Å²) in [5, 5.41) is 8.86. The van der Waals surface area contributed by atoms with E-state index in [9.17, 15) is 4.79 Å². The third-order valence-corrected chi connectivity index (χ3v) is 3.52. The number of rotatable bonds is 1. The van der Waals surface area contributed by atoms with E-state index in [4.69, 9.17) is 10.8 Å². The Kier molecular flexibility index (Phi) is 3.11. The van der Waals surface area contributed by atoms with Crippen molar-refractivity contribution in [1.82, 2.24) is 9.80 Å². The van der Waals surface area contributed by atoms with Crippen molar-refractivity contribution in [2.45, 2.75) is 31.3 Å². The molecule has 0 aromatic rings. The van der Waals surface area contributed by atoms with Crippen LogP contribution in [0.4, 0.5) is 4.79 Å². The first-order valence-corrected chi connectivity index (χ1v) is 5.64. The third kappa shape index (κ3) is 2.41. The molecule has 0 aromatic heterocycles. The van der Waals surface area contributed by atoms with Gasteiger partial charge in [-0.25, -0.2) is 4.79 Å². The molecule has 2 heterocycles. The van der Waals surface area contributed by atoms with Gasteiger partial charge in [0.15, 0.2) is 0 Å². The molecule has 0 unspecified atom stereocenters. The summed E-state index contributed by atoms with van der Waals surface area (Å²) in [4.78, 5) is 14.7. The van der Waals surface area contributed by atoms with E-state index in [-0.39, 0.29) is 0 Å². The molecule has 5 heteroatoms. The van der Waals surface area contributed by atoms with Crippen molar-refractivity contribution >= 4 is 6.09 Å². The molecule has 2 fully saturated rings. The molecule has 2 aliphatic heterocycles. The average Bonchev–Trinajstić information content (AvgIpc) is 2.68. The van der Waals surface area contributed by atoms with Crippen LogP contribution in [0.2, 0.25) is 0 Å². The van der Waals surface area contributed by atoms with Gasteiger partial charge in [-0.3, -0.25) is 4.90 Å². The first-order chi connectivity index (χ1) is 7.16. The van der Waals surface area contributed by atoms with E-state index in [1.54, 1.807) is 0 Å². The fraction of sp³-hybridized carbons (Fsp3) is 0.900. The van der Waals surface area contributed by atoms with Gasteiger partial charge in [0.25, 0.3) is 0 Å². The maximum atomic E-state index is 10.8. The van der Waals surface area contributed by atoms with Crippen LogP contribution in [0.25, 0.3) is 0 Å². The lowest BCUT2D eigenvalue weighted by atomic mass is 10.0. The van der Waals surface area contributed by atoms with Gasteiger partial charge in [0.2, 0.25) is 0 Å². The summed E-state index contributed by atoms with van der Waals surface area (Å²) < 4.78 is 0. The van der Waals surface area contributed by atoms with Crippen LogP contribution in [-0.4, -0.2) is 59.3 Å². The minimum Gasteiger partial charge on any atom is -0.465 e. The van der Waals surface area contributed by atoms with Crippen LogP contribution in [0.1, 0.15) is 19.3 Å². The van der Waals surface area contributed by atoms with Gasteiger partial charge in [0.1, 0.15) is 0 Å². The van der Waals surface area contributed by atoms with Gasteiger partial charge in [-0.15, -0.1) is 0 Å². The highest BCUT2D eigenvalue weighted by Gasteiger charge is 2.31. The summed E-state index contributed by atoms with van der Waals surface area (Å²) in [5.74, 6) is 0. The van der Waals surface area contributed by atoms with Crippen LogP contribution < -0.4 is 5.73 Å². The lowest BCUT2D eigenvalue weighted by Crippen LogP contribution is -2.46. The van der Waals surface area contributed by atoms with Crippen molar-refractivity contribution in [1.29, 1.82) is 0 Å². The second-order valence-electron chi connectivity index (χ2n) is 4.54. The van der Waals surface area contributed by atoms with E-state index in [0.29, 0.717) is 25.2 Å². The molecule has 1 atom stereocenters. The largest absolute Gasteiger partial charge is 0.465 e. The second-order valence-corrected chi connectivity index (χ2v) is 4.54. The quantitative estimate of drug-likeness (QED) is 0.651. The minimum absolute atomic E-state index is 0.346. The van der Waals surface area contributed by atoms with Gasteiger partial charge in [-0.1, -0.05) is 0 Å². The van der Waals surface area contributed by atoms with Crippen molar-refractivity contribution in [2.24, 2.45) is 5.73 Å². The van der Waals surface area contributed by atoms with Gasteiger partial charge < -0.3 is 15.7 Å². The number of carbonyl (C=O) groups is 1. The number of hydrogen-bond donors (Lipinski definition) is 2. The molecule has 0 aromatic carbocycles. The summed E-state index contributed by atoms with van der Waals surface area (Å²) in [7, 11) is 0. The van der Waals surface area contributed by atoms with Crippen molar-refractivity contribution in [3.05, 3.63) is 0 Å². The normalized spacial score (nSPS) is 29.7.